The van der Waals surface area contributed by atoms with Crippen molar-refractivity contribution in [3.05, 3.63) is 214 Å². The maximum atomic E-state index is 7.02. The lowest BCUT2D eigenvalue weighted by molar-refractivity contribution is 0.407. The highest BCUT2D eigenvalue weighted by atomic mass is 16.5. The summed E-state index contributed by atoms with van der Waals surface area (Å²) in [6.45, 7) is 29.6. The molecular formula is C72H84N4O4. The van der Waals surface area contributed by atoms with Crippen molar-refractivity contribution in [3.63, 3.8) is 0 Å². The molecule has 1 aliphatic rings. The van der Waals surface area contributed by atoms with Crippen LogP contribution in [-0.2, 0) is 47.8 Å². The standard InChI is InChI=1S/C72H84N4O4/c1-69(2,3)53-37-57-65(77-13)58(38-53)74(46-50-31-23-18-24-32-50)60-40-55(71(7,8)9)42-62(67(60)79-15)76(48-52-35-27-20-28-36-52)64-44-56(72(10,11)12)43-63(68(64)80-16)75(47-51-33-25-19-26-34-51)61-41-54(70(4,5)6)39-59(66(61)78-14)73(57)45-49-29-21-17-22-30-49/h17-44H,45-48H2,1-16H3. The van der Waals surface area contributed by atoms with Crippen LogP contribution >= 0.6 is 0 Å². The lowest BCUT2D eigenvalue weighted by Gasteiger charge is -2.39. The van der Waals surface area contributed by atoms with Gasteiger partial charge in [0.05, 0.1) is 73.9 Å². The van der Waals surface area contributed by atoms with Gasteiger partial charge in [-0.2, -0.15) is 0 Å². The van der Waals surface area contributed by atoms with Gasteiger partial charge in [-0.3, -0.25) is 0 Å². The molecule has 0 saturated heterocycles. The topological polar surface area (TPSA) is 49.9 Å². The minimum atomic E-state index is -0.304. The molecule has 0 N–H and O–H groups in total. The highest BCUT2D eigenvalue weighted by Gasteiger charge is 2.37. The second kappa shape index (κ2) is 22.7. The molecule has 1 heterocycles. The van der Waals surface area contributed by atoms with E-state index in [2.05, 4.69) is 273 Å². The number of benzene rings is 8. The zero-order chi connectivity index (χ0) is 57.3. The molecule has 0 amide bonds. The van der Waals surface area contributed by atoms with E-state index < -0.39 is 0 Å². The van der Waals surface area contributed by atoms with E-state index >= 15 is 0 Å². The third-order valence-corrected chi connectivity index (χ3v) is 15.5. The molecule has 8 aromatic rings. The maximum Gasteiger partial charge on any atom is 0.166 e. The van der Waals surface area contributed by atoms with E-state index in [0.29, 0.717) is 26.2 Å². The zero-order valence-electron chi connectivity index (χ0n) is 50.4. The van der Waals surface area contributed by atoms with Crippen LogP contribution in [0.25, 0.3) is 0 Å². The van der Waals surface area contributed by atoms with Crippen molar-refractivity contribution in [2.24, 2.45) is 0 Å². The lowest BCUT2D eigenvalue weighted by Crippen LogP contribution is -2.27. The van der Waals surface area contributed by atoms with E-state index in [1.165, 1.54) is 0 Å². The fraction of sp³-hybridized carbons (Fsp3) is 0.333. The second-order valence-electron chi connectivity index (χ2n) is 25.5. The van der Waals surface area contributed by atoms with Gasteiger partial charge in [0.1, 0.15) is 0 Å². The molecule has 0 saturated carbocycles. The molecule has 0 unspecified atom stereocenters. The van der Waals surface area contributed by atoms with Crippen molar-refractivity contribution < 1.29 is 18.9 Å². The summed E-state index contributed by atoms with van der Waals surface area (Å²) in [7, 11) is 7.26. The molecule has 0 radical (unpaired) electrons. The molecule has 0 atom stereocenters. The first-order chi connectivity index (χ1) is 38.0. The van der Waals surface area contributed by atoms with Crippen LogP contribution in [0.5, 0.6) is 23.0 Å². The first kappa shape index (κ1) is 56.9. The summed E-state index contributed by atoms with van der Waals surface area (Å²) in [4.78, 5) is 9.73. The smallest absolute Gasteiger partial charge is 0.166 e. The Labute approximate surface area is 478 Å². The fourth-order valence-corrected chi connectivity index (χ4v) is 10.8. The molecule has 8 heteroatoms. The summed E-state index contributed by atoms with van der Waals surface area (Å²) < 4.78 is 28.1. The number of hydrogen-bond donors (Lipinski definition) is 0. The van der Waals surface area contributed by atoms with Gasteiger partial charge >= 0.3 is 0 Å². The van der Waals surface area contributed by atoms with Gasteiger partial charge in [-0.15, -0.1) is 0 Å². The quantitative estimate of drug-likeness (QED) is 0.120. The maximum absolute atomic E-state index is 7.02. The number of ether oxygens (including phenoxy) is 4. The van der Waals surface area contributed by atoms with Gasteiger partial charge in [-0.1, -0.05) is 204 Å². The molecule has 0 spiro atoms. The molecule has 9 rings (SSSR count). The Morgan fingerprint density at radius 2 is 0.400 bits per heavy atom. The minimum Gasteiger partial charge on any atom is -0.492 e. The molecular weight excluding hydrogens is 985 g/mol. The monoisotopic (exact) mass is 1070 g/mol. The number of hydrogen-bond acceptors (Lipinski definition) is 8. The molecule has 416 valence electrons. The molecule has 0 aliphatic carbocycles. The summed E-state index contributed by atoms with van der Waals surface area (Å²) in [6.07, 6.45) is 0. The van der Waals surface area contributed by atoms with E-state index in [9.17, 15) is 0 Å². The molecule has 8 bridgehead atoms. The third kappa shape index (κ3) is 11.9. The highest BCUT2D eigenvalue weighted by Crippen LogP contribution is 2.57. The number of nitrogens with zero attached hydrogens (tertiary/aromatic N) is 4. The van der Waals surface area contributed by atoms with Gasteiger partial charge in [0.2, 0.25) is 0 Å². The molecule has 1 aliphatic heterocycles. The van der Waals surface area contributed by atoms with Crippen LogP contribution in [0.3, 0.4) is 0 Å². The number of rotatable bonds is 12. The summed E-state index contributed by atoms with van der Waals surface area (Å²) in [5, 5.41) is 0. The summed E-state index contributed by atoms with van der Waals surface area (Å²) in [6, 6.07) is 61.7. The molecule has 8 nitrogen and oxygen atoms in total. The van der Waals surface area contributed by atoms with Crippen molar-refractivity contribution in [3.8, 4) is 23.0 Å². The predicted molar refractivity (Wildman–Crippen MR) is 336 cm³/mol. The fourth-order valence-electron chi connectivity index (χ4n) is 10.8. The van der Waals surface area contributed by atoms with Crippen molar-refractivity contribution in [1.82, 2.24) is 0 Å². The average molecular weight is 1070 g/mol. The van der Waals surface area contributed by atoms with Crippen LogP contribution < -0.4 is 38.5 Å². The van der Waals surface area contributed by atoms with Crippen LogP contribution in [0, 0.1) is 0 Å². The van der Waals surface area contributed by atoms with Crippen molar-refractivity contribution in [2.75, 3.05) is 48.0 Å². The second-order valence-corrected chi connectivity index (χ2v) is 25.5. The highest BCUT2D eigenvalue weighted by molar-refractivity contribution is 5.93. The Kier molecular flexibility index (Phi) is 16.2. The molecule has 0 aromatic heterocycles. The predicted octanol–water partition coefficient (Wildman–Crippen LogP) is 18.6. The minimum absolute atomic E-state index is 0.304. The van der Waals surface area contributed by atoms with Crippen LogP contribution in [0.2, 0.25) is 0 Å². The van der Waals surface area contributed by atoms with Crippen molar-refractivity contribution >= 4 is 45.5 Å². The van der Waals surface area contributed by atoms with E-state index in [1.807, 2.05) is 28.4 Å². The summed E-state index contributed by atoms with van der Waals surface area (Å²) in [5.74, 6) is 2.87. The van der Waals surface area contributed by atoms with Crippen molar-refractivity contribution in [1.29, 1.82) is 0 Å². The number of methoxy groups -OCH3 is 4. The Hall–Kier alpha value is -7.84. The first-order valence-corrected chi connectivity index (χ1v) is 28.2. The van der Waals surface area contributed by atoms with E-state index in [-0.39, 0.29) is 21.7 Å². The number of anilines is 8. The first-order valence-electron chi connectivity index (χ1n) is 28.2. The zero-order valence-corrected chi connectivity index (χ0v) is 50.4. The van der Waals surface area contributed by atoms with E-state index in [0.717, 1.165) is 113 Å². The van der Waals surface area contributed by atoms with E-state index in [4.69, 9.17) is 18.9 Å². The Bertz CT molecular complexity index is 2860. The normalized spacial score (nSPS) is 13.1. The average Bonchev–Trinajstić information content (AvgIpc) is 3.49. The SMILES string of the molecule is COc1c2cc(C(C)(C)C)cc1N(Cc1ccccc1)c1cc(C(C)(C)C)cc(c1OC)N(Cc1ccccc1)c1cc(C(C)(C)C)cc(c1OC)N(Cc1ccccc1)c1cc(C(C)(C)C)cc(c1OC)N2Cc1ccccc1. The molecule has 0 fully saturated rings. The number of fused-ring (bicyclic) bond motifs is 8. The summed E-state index contributed by atoms with van der Waals surface area (Å²) >= 11 is 0. The van der Waals surface area contributed by atoms with Crippen LogP contribution in [0.4, 0.5) is 45.5 Å². The summed E-state index contributed by atoms with van der Waals surface area (Å²) in [5.41, 5.74) is 15.1. The Morgan fingerprint density at radius 1 is 0.250 bits per heavy atom. The molecule has 80 heavy (non-hydrogen) atoms. The third-order valence-electron chi connectivity index (χ3n) is 15.5. The van der Waals surface area contributed by atoms with Crippen molar-refractivity contribution in [2.45, 2.75) is 131 Å². The van der Waals surface area contributed by atoms with Gasteiger partial charge in [0, 0.05) is 26.2 Å². The van der Waals surface area contributed by atoms with Crippen LogP contribution in [0.1, 0.15) is 128 Å². The van der Waals surface area contributed by atoms with Crippen LogP contribution in [0.15, 0.2) is 170 Å². The largest absolute Gasteiger partial charge is 0.492 e. The van der Waals surface area contributed by atoms with Crippen LogP contribution in [-0.4, -0.2) is 28.4 Å². The molecule has 8 aromatic carbocycles. The Balaban J connectivity index is 1.58. The lowest BCUT2D eigenvalue weighted by atomic mass is 9.84. The van der Waals surface area contributed by atoms with Gasteiger partial charge < -0.3 is 38.5 Å². The Morgan fingerprint density at radius 3 is 0.525 bits per heavy atom. The van der Waals surface area contributed by atoms with E-state index in [1.54, 1.807) is 0 Å². The van der Waals surface area contributed by atoms with Gasteiger partial charge in [0.25, 0.3) is 0 Å². The van der Waals surface area contributed by atoms with Gasteiger partial charge in [0.15, 0.2) is 23.0 Å². The van der Waals surface area contributed by atoms with Gasteiger partial charge in [-0.25, -0.2) is 0 Å². The van der Waals surface area contributed by atoms with Gasteiger partial charge in [-0.05, 0) is 115 Å².